The molecule has 1 aromatic carbocycles. The van der Waals surface area contributed by atoms with Crippen molar-refractivity contribution in [2.75, 3.05) is 0 Å². The molecule has 0 aliphatic rings. The van der Waals surface area contributed by atoms with E-state index in [0.29, 0.717) is 0 Å². The van der Waals surface area contributed by atoms with E-state index in [4.69, 9.17) is 0 Å². The lowest BCUT2D eigenvalue weighted by atomic mass is 9.87. The van der Waals surface area contributed by atoms with Crippen molar-refractivity contribution in [1.82, 2.24) is 4.34 Å². The van der Waals surface area contributed by atoms with Crippen LogP contribution < -0.4 is 4.34 Å². The summed E-state index contributed by atoms with van der Waals surface area (Å²) in [6.07, 6.45) is 0. The van der Waals surface area contributed by atoms with Gasteiger partial charge in [-0.05, 0) is 16.5 Å². The van der Waals surface area contributed by atoms with Crippen molar-refractivity contribution < 1.29 is 0 Å². The summed E-state index contributed by atoms with van der Waals surface area (Å²) >= 11 is 3.19. The SMILES string of the molecule is CC(C)(C)c1ccc(CNBr)cc1. The van der Waals surface area contributed by atoms with E-state index in [-0.39, 0.29) is 5.41 Å². The molecule has 72 valence electrons. The molecule has 0 aliphatic heterocycles. The molecule has 0 aliphatic carbocycles. The molecule has 0 unspecified atom stereocenters. The maximum atomic E-state index is 3.19. The van der Waals surface area contributed by atoms with Crippen LogP contribution in [0.5, 0.6) is 0 Å². The number of hydrogen-bond donors (Lipinski definition) is 1. The second kappa shape index (κ2) is 4.25. The third-order valence-electron chi connectivity index (χ3n) is 2.09. The topological polar surface area (TPSA) is 12.0 Å². The Morgan fingerprint density at radius 2 is 1.69 bits per heavy atom. The van der Waals surface area contributed by atoms with Gasteiger partial charge in [0.05, 0.1) is 0 Å². The van der Waals surface area contributed by atoms with Gasteiger partial charge in [0.15, 0.2) is 0 Å². The first-order chi connectivity index (χ1) is 6.04. The molecule has 1 aromatic rings. The molecule has 0 heterocycles. The third kappa shape index (κ3) is 3.12. The summed E-state index contributed by atoms with van der Waals surface area (Å²) in [5, 5.41) is 0. The summed E-state index contributed by atoms with van der Waals surface area (Å²) in [5.74, 6) is 0. The van der Waals surface area contributed by atoms with Gasteiger partial charge < -0.3 is 0 Å². The molecule has 0 aromatic heterocycles. The van der Waals surface area contributed by atoms with Crippen molar-refractivity contribution in [2.45, 2.75) is 32.7 Å². The van der Waals surface area contributed by atoms with Crippen LogP contribution in [0, 0.1) is 0 Å². The minimum Gasteiger partial charge on any atom is -0.251 e. The largest absolute Gasteiger partial charge is 0.251 e. The fraction of sp³-hybridized carbons (Fsp3) is 0.455. The zero-order valence-electron chi connectivity index (χ0n) is 8.39. The lowest BCUT2D eigenvalue weighted by molar-refractivity contribution is 0.590. The molecule has 1 N–H and O–H groups in total. The molecule has 13 heavy (non-hydrogen) atoms. The monoisotopic (exact) mass is 241 g/mol. The normalized spacial score (nSPS) is 11.7. The number of halogens is 1. The fourth-order valence-corrected chi connectivity index (χ4v) is 1.52. The molecule has 1 rings (SSSR count). The Bertz CT molecular complexity index is 258. The third-order valence-corrected chi connectivity index (χ3v) is 2.37. The lowest BCUT2D eigenvalue weighted by Crippen LogP contribution is -2.11. The van der Waals surface area contributed by atoms with Crippen LogP contribution in [0.1, 0.15) is 31.9 Å². The van der Waals surface area contributed by atoms with Gasteiger partial charge in [-0.25, -0.2) is 0 Å². The molecule has 0 saturated heterocycles. The van der Waals surface area contributed by atoms with Gasteiger partial charge in [0.2, 0.25) is 0 Å². The second-order valence-corrected chi connectivity index (χ2v) is 4.82. The van der Waals surface area contributed by atoms with Crippen molar-refractivity contribution in [2.24, 2.45) is 0 Å². The highest BCUT2D eigenvalue weighted by molar-refractivity contribution is 9.08. The Kier molecular flexibility index (Phi) is 3.51. The first-order valence-electron chi connectivity index (χ1n) is 4.47. The van der Waals surface area contributed by atoms with Gasteiger partial charge in [0.1, 0.15) is 0 Å². The quantitative estimate of drug-likeness (QED) is 0.784. The number of nitrogens with one attached hydrogen (secondary N) is 1. The number of hydrogen-bond acceptors (Lipinski definition) is 1. The van der Waals surface area contributed by atoms with E-state index >= 15 is 0 Å². The molecule has 1 nitrogen and oxygen atoms in total. The highest BCUT2D eigenvalue weighted by atomic mass is 79.9. The fourth-order valence-electron chi connectivity index (χ4n) is 1.20. The Balaban J connectivity index is 2.81. The predicted molar refractivity (Wildman–Crippen MR) is 60.9 cm³/mol. The highest BCUT2D eigenvalue weighted by Gasteiger charge is 2.12. The highest BCUT2D eigenvalue weighted by Crippen LogP contribution is 2.22. The van der Waals surface area contributed by atoms with Crippen LogP contribution in [0.4, 0.5) is 0 Å². The summed E-state index contributed by atoms with van der Waals surface area (Å²) in [7, 11) is 0. The van der Waals surface area contributed by atoms with E-state index in [1.54, 1.807) is 0 Å². The zero-order chi connectivity index (χ0) is 9.90. The maximum Gasteiger partial charge on any atom is 0.0312 e. The summed E-state index contributed by atoms with van der Waals surface area (Å²) in [6.45, 7) is 7.55. The Labute approximate surface area is 88.9 Å². The van der Waals surface area contributed by atoms with Crippen LogP contribution >= 0.6 is 16.1 Å². The Hall–Kier alpha value is -0.340. The molecule has 0 bridgehead atoms. The molecule has 2 heteroatoms. The van der Waals surface area contributed by atoms with Crippen LogP contribution in [0.15, 0.2) is 24.3 Å². The van der Waals surface area contributed by atoms with Gasteiger partial charge in [-0.2, -0.15) is 0 Å². The molecular weight excluding hydrogens is 226 g/mol. The van der Waals surface area contributed by atoms with E-state index in [9.17, 15) is 0 Å². The summed E-state index contributed by atoms with van der Waals surface area (Å²) < 4.78 is 2.95. The minimum absolute atomic E-state index is 0.250. The smallest absolute Gasteiger partial charge is 0.0312 e. The van der Waals surface area contributed by atoms with Crippen LogP contribution in [0.3, 0.4) is 0 Å². The Morgan fingerprint density at radius 3 is 2.08 bits per heavy atom. The van der Waals surface area contributed by atoms with Gasteiger partial charge >= 0.3 is 0 Å². The van der Waals surface area contributed by atoms with Gasteiger partial charge in [-0.15, -0.1) is 0 Å². The van der Waals surface area contributed by atoms with Crippen molar-refractivity contribution >= 4 is 16.1 Å². The van der Waals surface area contributed by atoms with Crippen LogP contribution in [0.25, 0.3) is 0 Å². The van der Waals surface area contributed by atoms with Crippen molar-refractivity contribution in [3.63, 3.8) is 0 Å². The maximum absolute atomic E-state index is 3.19. The zero-order valence-corrected chi connectivity index (χ0v) is 9.98. The molecule has 0 amide bonds. The summed E-state index contributed by atoms with van der Waals surface area (Å²) in [4.78, 5) is 0. The van der Waals surface area contributed by atoms with Crippen LogP contribution in [0.2, 0.25) is 0 Å². The van der Waals surface area contributed by atoms with E-state index in [2.05, 4.69) is 65.5 Å². The van der Waals surface area contributed by atoms with Crippen LogP contribution in [-0.2, 0) is 12.0 Å². The molecule has 0 atom stereocenters. The second-order valence-electron chi connectivity index (χ2n) is 4.26. The average Bonchev–Trinajstić information content (AvgIpc) is 2.04. The van der Waals surface area contributed by atoms with E-state index < -0.39 is 0 Å². The average molecular weight is 242 g/mol. The van der Waals surface area contributed by atoms with E-state index in [0.717, 1.165) is 6.54 Å². The summed E-state index contributed by atoms with van der Waals surface area (Å²) in [6, 6.07) is 8.71. The first kappa shape index (κ1) is 10.7. The van der Waals surface area contributed by atoms with E-state index in [1.165, 1.54) is 11.1 Å². The van der Waals surface area contributed by atoms with Gasteiger partial charge in [-0.1, -0.05) is 45.0 Å². The van der Waals surface area contributed by atoms with Crippen molar-refractivity contribution in [1.29, 1.82) is 0 Å². The molecule has 0 spiro atoms. The van der Waals surface area contributed by atoms with E-state index in [1.807, 2.05) is 0 Å². The van der Waals surface area contributed by atoms with Crippen LogP contribution in [-0.4, -0.2) is 0 Å². The molecule has 0 saturated carbocycles. The van der Waals surface area contributed by atoms with Gasteiger partial charge in [0.25, 0.3) is 0 Å². The summed E-state index contributed by atoms with van der Waals surface area (Å²) in [5.41, 5.74) is 2.93. The molecule has 0 radical (unpaired) electrons. The van der Waals surface area contributed by atoms with Gasteiger partial charge in [0, 0.05) is 22.7 Å². The lowest BCUT2D eigenvalue weighted by Gasteiger charge is -2.19. The standard InChI is InChI=1S/C11H16BrN/c1-11(2,3)10-6-4-9(5-7-10)8-13-12/h4-7,13H,8H2,1-3H3. The van der Waals surface area contributed by atoms with Crippen molar-refractivity contribution in [3.05, 3.63) is 35.4 Å². The molecular formula is C11H16BrN. The van der Waals surface area contributed by atoms with Crippen molar-refractivity contribution in [3.8, 4) is 0 Å². The molecule has 0 fully saturated rings. The number of rotatable bonds is 2. The van der Waals surface area contributed by atoms with Gasteiger partial charge in [-0.3, -0.25) is 4.34 Å². The number of benzene rings is 1. The Morgan fingerprint density at radius 1 is 1.15 bits per heavy atom. The first-order valence-corrected chi connectivity index (χ1v) is 5.26. The predicted octanol–water partition coefficient (Wildman–Crippen LogP) is 3.38. The minimum atomic E-state index is 0.250.